The average Bonchev–Trinajstić information content (AvgIpc) is 2.35. The van der Waals surface area contributed by atoms with Gasteiger partial charge in [0.05, 0.1) is 0 Å². The summed E-state index contributed by atoms with van der Waals surface area (Å²) in [6, 6.07) is 4.32. The highest BCUT2D eigenvalue weighted by atomic mass is 16.5. The molecule has 0 heterocycles. The first-order chi connectivity index (χ1) is 7.86. The number of hydrogen-bond acceptors (Lipinski definition) is 1. The lowest BCUT2D eigenvalue weighted by Crippen LogP contribution is -2.07. The Hall–Kier alpha value is -1.50. The van der Waals surface area contributed by atoms with E-state index < -0.39 is 0 Å². The fraction of sp³-hybridized carbons (Fsp3) is 0.333. The van der Waals surface area contributed by atoms with Gasteiger partial charge < -0.3 is 4.74 Å². The van der Waals surface area contributed by atoms with E-state index in [0.29, 0.717) is 6.61 Å². The van der Waals surface area contributed by atoms with E-state index in [1.165, 1.54) is 30.4 Å². The minimum atomic E-state index is 0.567. The molecular weight excluding hydrogens is 196 g/mol. The van der Waals surface area contributed by atoms with Gasteiger partial charge in [-0.1, -0.05) is 37.4 Å². The number of aryl methyl sites for hydroxylation is 1. The van der Waals surface area contributed by atoms with Gasteiger partial charge in [0.1, 0.15) is 12.4 Å². The molecule has 1 aromatic rings. The minimum absolute atomic E-state index is 0.567. The van der Waals surface area contributed by atoms with E-state index in [-0.39, 0.29) is 0 Å². The van der Waals surface area contributed by atoms with E-state index in [9.17, 15) is 0 Å². The van der Waals surface area contributed by atoms with Gasteiger partial charge in [0.25, 0.3) is 0 Å². The summed E-state index contributed by atoms with van der Waals surface area (Å²) in [7, 11) is 0. The summed E-state index contributed by atoms with van der Waals surface area (Å²) in [6.07, 6.45) is 8.52. The van der Waals surface area contributed by atoms with Gasteiger partial charge in [-0.15, -0.1) is 0 Å². The maximum atomic E-state index is 5.79. The molecule has 0 aromatic heterocycles. The lowest BCUT2D eigenvalue weighted by Gasteiger charge is -2.21. The van der Waals surface area contributed by atoms with E-state index in [4.69, 9.17) is 4.74 Å². The Morgan fingerprint density at radius 1 is 1.19 bits per heavy atom. The zero-order valence-corrected chi connectivity index (χ0v) is 9.67. The van der Waals surface area contributed by atoms with Crippen molar-refractivity contribution in [2.45, 2.75) is 25.7 Å². The van der Waals surface area contributed by atoms with Crippen LogP contribution < -0.4 is 4.74 Å². The Kier molecular flexibility index (Phi) is 3.45. The van der Waals surface area contributed by atoms with E-state index in [1.807, 2.05) is 6.08 Å². The molecule has 2 rings (SSSR count). The molecule has 1 heteroatoms. The van der Waals surface area contributed by atoms with Crippen LogP contribution in [0.3, 0.4) is 0 Å². The van der Waals surface area contributed by atoms with Crippen molar-refractivity contribution >= 4 is 6.08 Å². The van der Waals surface area contributed by atoms with Crippen LogP contribution in [-0.2, 0) is 12.8 Å². The Labute approximate surface area is 97.4 Å². The van der Waals surface area contributed by atoms with Crippen molar-refractivity contribution in [3.05, 3.63) is 48.1 Å². The fourth-order valence-corrected chi connectivity index (χ4v) is 2.29. The molecular formula is C15H18O. The summed E-state index contributed by atoms with van der Waals surface area (Å²) in [5.74, 6) is 1.02. The van der Waals surface area contributed by atoms with Gasteiger partial charge in [-0.05, 0) is 36.8 Å². The van der Waals surface area contributed by atoms with Crippen molar-refractivity contribution in [1.82, 2.24) is 0 Å². The summed E-state index contributed by atoms with van der Waals surface area (Å²) in [5.41, 5.74) is 3.92. The highest BCUT2D eigenvalue weighted by Crippen LogP contribution is 2.33. The topological polar surface area (TPSA) is 9.23 Å². The molecule has 0 aliphatic heterocycles. The van der Waals surface area contributed by atoms with Crippen LogP contribution in [0.1, 0.15) is 29.5 Å². The van der Waals surface area contributed by atoms with Crippen LogP contribution in [-0.4, -0.2) is 6.61 Å². The monoisotopic (exact) mass is 214 g/mol. The third-order valence-electron chi connectivity index (χ3n) is 3.08. The first kappa shape index (κ1) is 11.0. The molecule has 16 heavy (non-hydrogen) atoms. The van der Waals surface area contributed by atoms with Crippen molar-refractivity contribution in [3.8, 4) is 5.75 Å². The SMILES string of the molecule is C=CCOc1c(C=C)ccc2c1CCCC2. The third kappa shape index (κ3) is 2.04. The van der Waals surface area contributed by atoms with Crippen LogP contribution in [0.2, 0.25) is 0 Å². The molecule has 1 aromatic carbocycles. The predicted molar refractivity (Wildman–Crippen MR) is 68.9 cm³/mol. The highest BCUT2D eigenvalue weighted by molar-refractivity contribution is 5.61. The maximum absolute atomic E-state index is 5.79. The molecule has 0 bridgehead atoms. The molecule has 0 fully saturated rings. The molecule has 0 saturated heterocycles. The summed E-state index contributed by atoms with van der Waals surface area (Å²) in [5, 5.41) is 0. The molecule has 0 atom stereocenters. The Morgan fingerprint density at radius 3 is 2.75 bits per heavy atom. The molecule has 0 saturated carbocycles. The molecule has 0 amide bonds. The summed E-state index contributed by atoms with van der Waals surface area (Å²) in [6.45, 7) is 8.10. The second kappa shape index (κ2) is 5.02. The molecule has 0 N–H and O–H groups in total. The lowest BCUT2D eigenvalue weighted by atomic mass is 9.89. The molecule has 1 nitrogen and oxygen atoms in total. The second-order valence-corrected chi connectivity index (χ2v) is 4.13. The van der Waals surface area contributed by atoms with Gasteiger partial charge in [0, 0.05) is 5.56 Å². The Balaban J connectivity index is 2.42. The van der Waals surface area contributed by atoms with Crippen LogP contribution >= 0.6 is 0 Å². The van der Waals surface area contributed by atoms with Crippen LogP contribution in [0.25, 0.3) is 6.08 Å². The highest BCUT2D eigenvalue weighted by Gasteiger charge is 2.16. The normalized spacial score (nSPS) is 14.0. The zero-order valence-electron chi connectivity index (χ0n) is 9.67. The van der Waals surface area contributed by atoms with Crippen molar-refractivity contribution in [2.75, 3.05) is 6.61 Å². The average molecular weight is 214 g/mol. The predicted octanol–water partition coefficient (Wildman–Crippen LogP) is 3.77. The van der Waals surface area contributed by atoms with E-state index in [2.05, 4.69) is 25.3 Å². The number of hydrogen-bond donors (Lipinski definition) is 0. The molecule has 1 aliphatic rings. The molecule has 0 unspecified atom stereocenters. The molecule has 0 radical (unpaired) electrons. The van der Waals surface area contributed by atoms with Crippen molar-refractivity contribution in [3.63, 3.8) is 0 Å². The Bertz CT molecular complexity index is 404. The van der Waals surface area contributed by atoms with Gasteiger partial charge in [-0.3, -0.25) is 0 Å². The smallest absolute Gasteiger partial charge is 0.130 e. The maximum Gasteiger partial charge on any atom is 0.130 e. The minimum Gasteiger partial charge on any atom is -0.489 e. The first-order valence-corrected chi connectivity index (χ1v) is 5.87. The van der Waals surface area contributed by atoms with Crippen molar-refractivity contribution < 1.29 is 4.74 Å². The quantitative estimate of drug-likeness (QED) is 0.693. The van der Waals surface area contributed by atoms with Gasteiger partial charge in [0.2, 0.25) is 0 Å². The molecule has 0 spiro atoms. The molecule has 84 valence electrons. The van der Waals surface area contributed by atoms with Crippen LogP contribution in [0, 0.1) is 0 Å². The standard InChI is InChI=1S/C15H18O/c1-3-11-16-15-12(4-2)9-10-13-7-5-6-8-14(13)15/h3-4,9-10H,1-2,5-8,11H2. The van der Waals surface area contributed by atoms with Crippen molar-refractivity contribution in [2.24, 2.45) is 0 Å². The lowest BCUT2D eigenvalue weighted by molar-refractivity contribution is 0.356. The second-order valence-electron chi connectivity index (χ2n) is 4.13. The Morgan fingerprint density at radius 2 is 2.00 bits per heavy atom. The number of ether oxygens (including phenoxy) is 1. The van der Waals surface area contributed by atoms with E-state index in [0.717, 1.165) is 17.7 Å². The number of benzene rings is 1. The van der Waals surface area contributed by atoms with Gasteiger partial charge in [0.15, 0.2) is 0 Å². The number of rotatable bonds is 4. The zero-order chi connectivity index (χ0) is 11.4. The fourth-order valence-electron chi connectivity index (χ4n) is 2.29. The third-order valence-corrected chi connectivity index (χ3v) is 3.08. The first-order valence-electron chi connectivity index (χ1n) is 5.87. The van der Waals surface area contributed by atoms with E-state index >= 15 is 0 Å². The van der Waals surface area contributed by atoms with Crippen molar-refractivity contribution in [1.29, 1.82) is 0 Å². The summed E-state index contributed by atoms with van der Waals surface area (Å²) in [4.78, 5) is 0. The number of fused-ring (bicyclic) bond motifs is 1. The largest absolute Gasteiger partial charge is 0.489 e. The van der Waals surface area contributed by atoms with E-state index in [1.54, 1.807) is 6.08 Å². The summed E-state index contributed by atoms with van der Waals surface area (Å²) >= 11 is 0. The van der Waals surface area contributed by atoms with Gasteiger partial charge in [-0.25, -0.2) is 0 Å². The van der Waals surface area contributed by atoms with Crippen LogP contribution in [0.4, 0.5) is 0 Å². The van der Waals surface area contributed by atoms with Gasteiger partial charge >= 0.3 is 0 Å². The molecule has 1 aliphatic carbocycles. The van der Waals surface area contributed by atoms with Crippen LogP contribution in [0.5, 0.6) is 5.75 Å². The summed E-state index contributed by atoms with van der Waals surface area (Å²) < 4.78 is 5.79. The van der Waals surface area contributed by atoms with Gasteiger partial charge in [-0.2, -0.15) is 0 Å². The van der Waals surface area contributed by atoms with Crippen LogP contribution in [0.15, 0.2) is 31.4 Å².